The van der Waals surface area contributed by atoms with Crippen LogP contribution in [0.1, 0.15) is 24.8 Å². The summed E-state index contributed by atoms with van der Waals surface area (Å²) in [5.41, 5.74) is 1.43. The van der Waals surface area contributed by atoms with Crippen molar-refractivity contribution < 1.29 is 13.2 Å². The maximum Gasteiger partial charge on any atom is 0.245 e. The van der Waals surface area contributed by atoms with Crippen molar-refractivity contribution in [2.75, 3.05) is 36.1 Å². The first-order chi connectivity index (χ1) is 14.7. The zero-order chi connectivity index (χ0) is 22.2. The van der Waals surface area contributed by atoms with Crippen LogP contribution in [0.3, 0.4) is 0 Å². The first-order valence-corrected chi connectivity index (χ1v) is 12.5. The Morgan fingerprint density at radius 3 is 2.42 bits per heavy atom. The smallest absolute Gasteiger partial charge is 0.245 e. The van der Waals surface area contributed by atoms with Gasteiger partial charge in [-0.2, -0.15) is 0 Å². The van der Waals surface area contributed by atoms with E-state index in [0.29, 0.717) is 23.8 Å². The minimum atomic E-state index is -3.36. The number of aryl methyl sites for hydroxylation is 1. The van der Waals surface area contributed by atoms with Crippen LogP contribution >= 0.6 is 11.6 Å². The van der Waals surface area contributed by atoms with Crippen LogP contribution in [0.2, 0.25) is 5.15 Å². The fraction of sp³-hybridized carbons (Fsp3) is 0.500. The van der Waals surface area contributed by atoms with Crippen LogP contribution in [0.5, 0.6) is 0 Å². The predicted octanol–water partition coefficient (Wildman–Crippen LogP) is 1.92. The van der Waals surface area contributed by atoms with Crippen molar-refractivity contribution in [3.8, 4) is 0 Å². The molecule has 1 atom stereocenters. The number of anilines is 2. The van der Waals surface area contributed by atoms with Crippen LogP contribution in [0.15, 0.2) is 29.7 Å². The summed E-state index contributed by atoms with van der Waals surface area (Å²) < 4.78 is 23.4. The molecule has 11 heteroatoms. The van der Waals surface area contributed by atoms with Gasteiger partial charge in [0.25, 0.3) is 0 Å². The molecule has 9 nitrogen and oxygen atoms in total. The van der Waals surface area contributed by atoms with Gasteiger partial charge in [-0.1, -0.05) is 11.6 Å². The highest BCUT2D eigenvalue weighted by Crippen LogP contribution is 2.27. The number of carbonyl (C=O) groups is 1. The van der Waals surface area contributed by atoms with E-state index >= 15 is 0 Å². The van der Waals surface area contributed by atoms with E-state index in [0.717, 1.165) is 43.6 Å². The third-order valence-electron chi connectivity index (χ3n) is 5.87. The van der Waals surface area contributed by atoms with Gasteiger partial charge < -0.3 is 15.1 Å². The standard InChI is InChI=1S/C20H25ClN6O3S/c1-13-9-19(31(2,29)30)24-10-16(13)25-15-5-8-27(20(15)28)14-3-6-26(7-4-14)18-12-22-17(21)11-23-18/h9-12,14-15,25H,3-8H2,1-2H3. The molecule has 1 N–H and O–H groups in total. The molecule has 0 radical (unpaired) electrons. The Morgan fingerprint density at radius 1 is 1.06 bits per heavy atom. The molecule has 4 heterocycles. The van der Waals surface area contributed by atoms with Gasteiger partial charge in [0.2, 0.25) is 5.91 Å². The number of pyridine rings is 1. The molecule has 2 saturated heterocycles. The average molecular weight is 465 g/mol. The number of nitrogens with one attached hydrogen (secondary N) is 1. The summed E-state index contributed by atoms with van der Waals surface area (Å²) in [7, 11) is -3.36. The molecular weight excluding hydrogens is 440 g/mol. The van der Waals surface area contributed by atoms with Gasteiger partial charge in [0, 0.05) is 31.9 Å². The lowest BCUT2D eigenvalue weighted by Gasteiger charge is -2.37. The summed E-state index contributed by atoms with van der Waals surface area (Å²) in [5, 5.41) is 3.66. The number of aromatic nitrogens is 3. The van der Waals surface area contributed by atoms with E-state index in [2.05, 4.69) is 25.2 Å². The largest absolute Gasteiger partial charge is 0.372 e. The Morgan fingerprint density at radius 2 is 1.81 bits per heavy atom. The van der Waals surface area contributed by atoms with Crippen molar-refractivity contribution >= 4 is 38.9 Å². The quantitative estimate of drug-likeness (QED) is 0.714. The molecule has 1 unspecified atom stereocenters. The summed E-state index contributed by atoms with van der Waals surface area (Å²) in [4.78, 5) is 29.6. The van der Waals surface area contributed by atoms with Crippen molar-refractivity contribution in [3.63, 3.8) is 0 Å². The van der Waals surface area contributed by atoms with E-state index in [-0.39, 0.29) is 23.0 Å². The number of nitrogens with zero attached hydrogens (tertiary/aromatic N) is 5. The third kappa shape index (κ3) is 4.74. The van der Waals surface area contributed by atoms with Crippen molar-refractivity contribution in [2.24, 2.45) is 0 Å². The molecule has 2 aliphatic heterocycles. The summed E-state index contributed by atoms with van der Waals surface area (Å²) in [6, 6.07) is 1.40. The third-order valence-corrected chi connectivity index (χ3v) is 7.05. The molecule has 2 aromatic rings. The number of piperidine rings is 1. The topological polar surface area (TPSA) is 108 Å². The normalized spacial score (nSPS) is 20.4. The van der Waals surface area contributed by atoms with Gasteiger partial charge in [-0.05, 0) is 37.8 Å². The van der Waals surface area contributed by atoms with E-state index < -0.39 is 9.84 Å². The molecule has 2 aromatic heterocycles. The lowest BCUT2D eigenvalue weighted by molar-refractivity contribution is -0.130. The second-order valence-corrected chi connectivity index (χ2v) is 10.4. The van der Waals surface area contributed by atoms with Gasteiger partial charge >= 0.3 is 0 Å². The van der Waals surface area contributed by atoms with E-state index in [1.54, 1.807) is 12.4 Å². The summed E-state index contributed by atoms with van der Waals surface area (Å²) in [5.74, 6) is 0.881. The highest BCUT2D eigenvalue weighted by atomic mass is 35.5. The van der Waals surface area contributed by atoms with Crippen LogP contribution < -0.4 is 10.2 Å². The van der Waals surface area contributed by atoms with Crippen LogP contribution in [0, 0.1) is 6.92 Å². The number of rotatable bonds is 5. The minimum absolute atomic E-state index is 0.0343. The van der Waals surface area contributed by atoms with E-state index in [1.165, 1.54) is 12.3 Å². The Kier molecular flexibility index (Phi) is 6.02. The molecule has 2 aliphatic rings. The summed E-state index contributed by atoms with van der Waals surface area (Å²) in [6.07, 6.45) is 8.28. The Bertz CT molecular complexity index is 1070. The minimum Gasteiger partial charge on any atom is -0.372 e. The second-order valence-electron chi connectivity index (χ2n) is 8.04. The lowest BCUT2D eigenvalue weighted by atomic mass is 10.0. The Hall–Kier alpha value is -2.46. The Balaban J connectivity index is 1.36. The maximum atomic E-state index is 13.0. The molecule has 0 bridgehead atoms. The summed E-state index contributed by atoms with van der Waals surface area (Å²) in [6.45, 7) is 4.12. The molecule has 1 amide bonds. The van der Waals surface area contributed by atoms with Gasteiger partial charge in [-0.15, -0.1) is 0 Å². The zero-order valence-corrected chi connectivity index (χ0v) is 19.0. The molecule has 31 heavy (non-hydrogen) atoms. The fourth-order valence-electron chi connectivity index (χ4n) is 4.15. The molecule has 166 valence electrons. The number of hydrogen-bond donors (Lipinski definition) is 1. The molecular formula is C20H25ClN6O3S. The van der Waals surface area contributed by atoms with Crippen LogP contribution in [0.4, 0.5) is 11.5 Å². The number of carbonyl (C=O) groups excluding carboxylic acids is 1. The van der Waals surface area contributed by atoms with Crippen molar-refractivity contribution in [1.29, 1.82) is 0 Å². The van der Waals surface area contributed by atoms with Gasteiger partial charge in [-0.25, -0.2) is 23.4 Å². The number of hydrogen-bond acceptors (Lipinski definition) is 8. The molecule has 0 spiro atoms. The highest BCUT2D eigenvalue weighted by Gasteiger charge is 2.37. The van der Waals surface area contributed by atoms with E-state index in [1.807, 2.05) is 11.8 Å². The Labute approximate surface area is 186 Å². The van der Waals surface area contributed by atoms with Gasteiger partial charge in [0.05, 0.1) is 24.3 Å². The second kappa shape index (κ2) is 8.58. The lowest BCUT2D eigenvalue weighted by Crippen LogP contribution is -2.47. The van der Waals surface area contributed by atoms with Gasteiger partial charge in [0.1, 0.15) is 17.0 Å². The number of amides is 1. The number of likely N-dealkylation sites (tertiary alicyclic amines) is 1. The molecule has 0 aliphatic carbocycles. The van der Waals surface area contributed by atoms with Crippen LogP contribution in [0.25, 0.3) is 0 Å². The zero-order valence-electron chi connectivity index (χ0n) is 17.5. The van der Waals surface area contributed by atoms with Crippen LogP contribution in [-0.4, -0.2) is 72.2 Å². The monoisotopic (exact) mass is 464 g/mol. The van der Waals surface area contributed by atoms with Crippen molar-refractivity contribution in [3.05, 3.63) is 35.4 Å². The van der Waals surface area contributed by atoms with Crippen molar-refractivity contribution in [2.45, 2.75) is 43.3 Å². The van der Waals surface area contributed by atoms with Crippen LogP contribution in [-0.2, 0) is 14.6 Å². The summed E-state index contributed by atoms with van der Waals surface area (Å²) >= 11 is 5.81. The SMILES string of the molecule is Cc1cc(S(C)(=O)=O)ncc1NC1CCN(C2CCN(c3cnc(Cl)cn3)CC2)C1=O. The molecule has 4 rings (SSSR count). The first kappa shape index (κ1) is 21.8. The number of halogens is 1. The molecule has 2 fully saturated rings. The fourth-order valence-corrected chi connectivity index (χ4v) is 4.88. The van der Waals surface area contributed by atoms with Gasteiger partial charge in [-0.3, -0.25) is 4.79 Å². The predicted molar refractivity (Wildman–Crippen MR) is 118 cm³/mol. The van der Waals surface area contributed by atoms with Gasteiger partial charge in [0.15, 0.2) is 14.9 Å². The number of sulfone groups is 1. The molecule has 0 aromatic carbocycles. The van der Waals surface area contributed by atoms with E-state index in [9.17, 15) is 13.2 Å². The van der Waals surface area contributed by atoms with E-state index in [4.69, 9.17) is 11.6 Å². The molecule has 0 saturated carbocycles. The highest BCUT2D eigenvalue weighted by molar-refractivity contribution is 7.90. The maximum absolute atomic E-state index is 13.0. The average Bonchev–Trinajstić information content (AvgIpc) is 3.10. The van der Waals surface area contributed by atoms with Crippen molar-refractivity contribution in [1.82, 2.24) is 19.9 Å². The first-order valence-electron chi connectivity index (χ1n) is 10.2.